The van der Waals surface area contributed by atoms with E-state index in [1.54, 1.807) is 12.1 Å². The van der Waals surface area contributed by atoms with Crippen molar-refractivity contribution in [1.82, 2.24) is 9.97 Å². The zero-order chi connectivity index (χ0) is 17.2. The fraction of sp³-hybridized carbons (Fsp3) is 0.500. The van der Waals surface area contributed by atoms with Crippen LogP contribution in [0.15, 0.2) is 30.3 Å². The summed E-state index contributed by atoms with van der Waals surface area (Å²) in [7, 11) is 0. The van der Waals surface area contributed by atoms with E-state index in [0.717, 1.165) is 29.7 Å². The maximum Gasteiger partial charge on any atom is 0.229 e. The van der Waals surface area contributed by atoms with Crippen LogP contribution in [0.25, 0.3) is 0 Å². The molecule has 2 atom stereocenters. The number of hydrogen-bond donors (Lipinski definition) is 1. The Bertz CT molecular complexity index is 729. The molecular formula is C20H25FN4. The second-order valence-electron chi connectivity index (χ2n) is 7.27. The number of piperidine rings is 1. The molecule has 1 saturated heterocycles. The molecule has 0 spiro atoms. The second-order valence-corrected chi connectivity index (χ2v) is 7.27. The molecule has 4 rings (SSSR count). The molecule has 25 heavy (non-hydrogen) atoms. The fourth-order valence-corrected chi connectivity index (χ4v) is 4.33. The highest BCUT2D eigenvalue weighted by molar-refractivity contribution is 5.56. The Morgan fingerprint density at radius 2 is 1.80 bits per heavy atom. The molecule has 4 nitrogen and oxygen atoms in total. The van der Waals surface area contributed by atoms with E-state index in [1.807, 2.05) is 6.92 Å². The molecule has 132 valence electrons. The van der Waals surface area contributed by atoms with Crippen LogP contribution in [-0.4, -0.2) is 22.6 Å². The first-order chi connectivity index (χ1) is 12.2. The Balaban J connectivity index is 1.59. The standard InChI is InChI=1S/C20H25FN4/c1-14-13-19(25-12-4-6-15-5-2-3-7-18(15)25)24-20(22-14)23-17-10-8-16(21)9-11-17/h8-11,13,15,18H,2-7,12H2,1H3,(H,22,23,24). The molecule has 0 radical (unpaired) electrons. The summed E-state index contributed by atoms with van der Waals surface area (Å²) in [4.78, 5) is 11.8. The highest BCUT2D eigenvalue weighted by Gasteiger charge is 2.34. The largest absolute Gasteiger partial charge is 0.353 e. The topological polar surface area (TPSA) is 41.1 Å². The molecule has 2 heterocycles. The first-order valence-corrected chi connectivity index (χ1v) is 9.34. The van der Waals surface area contributed by atoms with Crippen LogP contribution in [0.4, 0.5) is 21.8 Å². The van der Waals surface area contributed by atoms with Gasteiger partial charge in [-0.25, -0.2) is 9.37 Å². The summed E-state index contributed by atoms with van der Waals surface area (Å²) in [5.41, 5.74) is 1.75. The van der Waals surface area contributed by atoms with Crippen LogP contribution in [0, 0.1) is 18.7 Å². The highest BCUT2D eigenvalue weighted by atomic mass is 19.1. The fourth-order valence-electron chi connectivity index (χ4n) is 4.33. The van der Waals surface area contributed by atoms with Gasteiger partial charge in [-0.1, -0.05) is 12.8 Å². The number of benzene rings is 1. The Hall–Kier alpha value is -2.17. The lowest BCUT2D eigenvalue weighted by Gasteiger charge is -2.44. The number of hydrogen-bond acceptors (Lipinski definition) is 4. The van der Waals surface area contributed by atoms with Crippen molar-refractivity contribution in [2.24, 2.45) is 5.92 Å². The molecule has 0 bridgehead atoms. The Morgan fingerprint density at radius 3 is 2.64 bits per heavy atom. The SMILES string of the molecule is Cc1cc(N2CCCC3CCCCC32)nc(Nc2ccc(F)cc2)n1. The van der Waals surface area contributed by atoms with Crippen LogP contribution in [-0.2, 0) is 0 Å². The zero-order valence-electron chi connectivity index (χ0n) is 14.7. The van der Waals surface area contributed by atoms with Gasteiger partial charge >= 0.3 is 0 Å². The number of fused-ring (bicyclic) bond motifs is 1. The van der Waals surface area contributed by atoms with Gasteiger partial charge < -0.3 is 10.2 Å². The van der Waals surface area contributed by atoms with E-state index in [-0.39, 0.29) is 5.82 Å². The van der Waals surface area contributed by atoms with Crippen LogP contribution in [0.5, 0.6) is 0 Å². The van der Waals surface area contributed by atoms with Gasteiger partial charge in [0.2, 0.25) is 5.95 Å². The summed E-state index contributed by atoms with van der Waals surface area (Å²) in [6, 6.07) is 9.01. The number of nitrogens with one attached hydrogen (secondary N) is 1. The van der Waals surface area contributed by atoms with Gasteiger partial charge in [0.1, 0.15) is 11.6 Å². The molecule has 1 aliphatic carbocycles. The molecule has 2 aliphatic rings. The monoisotopic (exact) mass is 340 g/mol. The summed E-state index contributed by atoms with van der Waals surface area (Å²) in [5.74, 6) is 2.17. The molecular weight excluding hydrogens is 315 g/mol. The van der Waals surface area contributed by atoms with Crippen LogP contribution in [0.3, 0.4) is 0 Å². The Labute approximate surface area is 148 Å². The van der Waals surface area contributed by atoms with Crippen molar-refractivity contribution in [1.29, 1.82) is 0 Å². The van der Waals surface area contributed by atoms with Gasteiger partial charge in [-0.2, -0.15) is 4.98 Å². The summed E-state index contributed by atoms with van der Waals surface area (Å²) >= 11 is 0. The third-order valence-corrected chi connectivity index (χ3v) is 5.48. The lowest BCUT2D eigenvalue weighted by molar-refractivity contribution is 0.242. The normalized spacial score (nSPS) is 23.2. The molecule has 1 aromatic heterocycles. The average molecular weight is 340 g/mol. The number of nitrogens with zero attached hydrogens (tertiary/aromatic N) is 3. The summed E-state index contributed by atoms with van der Waals surface area (Å²) in [5, 5.41) is 3.21. The minimum Gasteiger partial charge on any atom is -0.353 e. The molecule has 2 fully saturated rings. The van der Waals surface area contributed by atoms with Crippen LogP contribution in [0.1, 0.15) is 44.2 Å². The summed E-state index contributed by atoms with van der Waals surface area (Å²) in [6.45, 7) is 3.08. The smallest absolute Gasteiger partial charge is 0.229 e. The van der Waals surface area contributed by atoms with Gasteiger partial charge in [0.05, 0.1) is 0 Å². The minimum absolute atomic E-state index is 0.243. The van der Waals surface area contributed by atoms with Crippen molar-refractivity contribution >= 4 is 17.5 Å². The van der Waals surface area contributed by atoms with Crippen molar-refractivity contribution < 1.29 is 4.39 Å². The molecule has 2 unspecified atom stereocenters. The van der Waals surface area contributed by atoms with Crippen molar-refractivity contribution in [3.63, 3.8) is 0 Å². The number of halogens is 1. The maximum atomic E-state index is 13.1. The van der Waals surface area contributed by atoms with Crippen molar-refractivity contribution in [2.45, 2.75) is 51.5 Å². The van der Waals surface area contributed by atoms with E-state index in [0.29, 0.717) is 12.0 Å². The van der Waals surface area contributed by atoms with E-state index in [4.69, 9.17) is 4.98 Å². The Kier molecular flexibility index (Phi) is 4.55. The van der Waals surface area contributed by atoms with Gasteiger partial charge in [-0.3, -0.25) is 0 Å². The van der Waals surface area contributed by atoms with Crippen molar-refractivity contribution in [2.75, 3.05) is 16.8 Å². The first kappa shape index (κ1) is 16.3. The molecule has 1 saturated carbocycles. The minimum atomic E-state index is -0.243. The van der Waals surface area contributed by atoms with Crippen LogP contribution in [0.2, 0.25) is 0 Å². The zero-order valence-corrected chi connectivity index (χ0v) is 14.7. The molecule has 5 heteroatoms. The second kappa shape index (κ2) is 6.98. The van der Waals surface area contributed by atoms with Gasteiger partial charge in [-0.15, -0.1) is 0 Å². The Morgan fingerprint density at radius 1 is 1.04 bits per heavy atom. The molecule has 1 aliphatic heterocycles. The highest BCUT2D eigenvalue weighted by Crippen LogP contribution is 2.37. The summed E-state index contributed by atoms with van der Waals surface area (Å²) in [6.07, 6.45) is 7.91. The van der Waals surface area contributed by atoms with Crippen molar-refractivity contribution in [3.8, 4) is 0 Å². The van der Waals surface area contributed by atoms with Crippen molar-refractivity contribution in [3.05, 3.63) is 41.8 Å². The number of aryl methyl sites for hydroxylation is 1. The van der Waals surface area contributed by atoms with Crippen LogP contribution < -0.4 is 10.2 Å². The molecule has 1 aromatic carbocycles. The van der Waals surface area contributed by atoms with E-state index in [2.05, 4.69) is 21.3 Å². The predicted octanol–water partition coefficient (Wildman–Crippen LogP) is 4.83. The van der Waals surface area contributed by atoms with E-state index >= 15 is 0 Å². The van der Waals surface area contributed by atoms with Gasteiger partial charge in [0, 0.05) is 30.0 Å². The quantitative estimate of drug-likeness (QED) is 0.869. The molecule has 2 aromatic rings. The van der Waals surface area contributed by atoms with Gasteiger partial charge in [0.25, 0.3) is 0 Å². The first-order valence-electron chi connectivity index (χ1n) is 9.34. The number of anilines is 3. The lowest BCUT2D eigenvalue weighted by atomic mass is 9.78. The van der Waals surface area contributed by atoms with E-state index < -0.39 is 0 Å². The molecule has 1 N–H and O–H groups in total. The predicted molar refractivity (Wildman–Crippen MR) is 98.8 cm³/mol. The maximum absolute atomic E-state index is 13.1. The van der Waals surface area contributed by atoms with E-state index in [1.165, 1.54) is 50.7 Å². The van der Waals surface area contributed by atoms with Gasteiger partial charge in [-0.05, 0) is 62.8 Å². The third kappa shape index (κ3) is 3.60. The van der Waals surface area contributed by atoms with E-state index in [9.17, 15) is 4.39 Å². The third-order valence-electron chi connectivity index (χ3n) is 5.48. The molecule has 0 amide bonds. The van der Waals surface area contributed by atoms with Crippen LogP contribution >= 0.6 is 0 Å². The number of rotatable bonds is 3. The summed E-state index contributed by atoms with van der Waals surface area (Å²) < 4.78 is 13.1. The number of aromatic nitrogens is 2. The van der Waals surface area contributed by atoms with Gasteiger partial charge in [0.15, 0.2) is 0 Å². The average Bonchev–Trinajstić information content (AvgIpc) is 2.63. The lowest BCUT2D eigenvalue weighted by Crippen LogP contribution is -2.47.